The van der Waals surface area contributed by atoms with Crippen molar-refractivity contribution in [3.05, 3.63) is 0 Å². The molecule has 1 atom stereocenters. The Balaban J connectivity index is 1.56. The Bertz CT molecular complexity index is 359. The molecule has 0 bridgehead atoms. The first-order valence-electron chi connectivity index (χ1n) is 9.06. The maximum absolute atomic E-state index is 12.9. The van der Waals surface area contributed by atoms with Crippen molar-refractivity contribution < 1.29 is 4.79 Å². The highest BCUT2D eigenvalue weighted by Crippen LogP contribution is 2.37. The fourth-order valence-corrected chi connectivity index (χ4v) is 4.44. The van der Waals surface area contributed by atoms with Crippen LogP contribution in [0.5, 0.6) is 0 Å². The Morgan fingerprint density at radius 3 is 2.52 bits per heavy atom. The zero-order chi connectivity index (χ0) is 14.7. The molecule has 0 radical (unpaired) electrons. The van der Waals surface area contributed by atoms with E-state index in [4.69, 9.17) is 0 Å². The number of hydrogen-bond acceptors (Lipinski definition) is 3. The van der Waals surface area contributed by atoms with Gasteiger partial charge >= 0.3 is 0 Å². The molecule has 3 rings (SSSR count). The third-order valence-corrected chi connectivity index (χ3v) is 5.58. The van der Waals surface area contributed by atoms with Gasteiger partial charge in [0.25, 0.3) is 0 Å². The lowest BCUT2D eigenvalue weighted by molar-refractivity contribution is -0.133. The van der Waals surface area contributed by atoms with Gasteiger partial charge in [0, 0.05) is 6.54 Å². The molecule has 4 heteroatoms. The van der Waals surface area contributed by atoms with Gasteiger partial charge in [-0.15, -0.1) is 0 Å². The van der Waals surface area contributed by atoms with Crippen LogP contribution in [0.2, 0.25) is 0 Å². The van der Waals surface area contributed by atoms with Gasteiger partial charge in [-0.2, -0.15) is 0 Å². The molecule has 4 nitrogen and oxygen atoms in total. The van der Waals surface area contributed by atoms with Crippen molar-refractivity contribution in [1.82, 2.24) is 15.1 Å². The Kier molecular flexibility index (Phi) is 4.85. The molecule has 1 aliphatic carbocycles. The topological polar surface area (TPSA) is 35.6 Å². The predicted octanol–water partition coefficient (Wildman–Crippen LogP) is 2.34. The van der Waals surface area contributed by atoms with Gasteiger partial charge in [-0.1, -0.05) is 26.2 Å². The first-order valence-corrected chi connectivity index (χ1v) is 9.06. The first-order chi connectivity index (χ1) is 10.2. The van der Waals surface area contributed by atoms with Gasteiger partial charge in [-0.3, -0.25) is 10.1 Å². The maximum atomic E-state index is 12.9. The molecule has 1 spiro atoms. The summed E-state index contributed by atoms with van der Waals surface area (Å²) in [6.07, 6.45) is 10.9. The average molecular weight is 293 g/mol. The second-order valence-corrected chi connectivity index (χ2v) is 7.14. The Morgan fingerprint density at radius 1 is 1.14 bits per heavy atom. The van der Waals surface area contributed by atoms with Gasteiger partial charge in [0.05, 0.1) is 11.7 Å². The normalized spacial score (nSPS) is 29.1. The molecule has 0 aromatic rings. The van der Waals surface area contributed by atoms with Crippen molar-refractivity contribution in [2.24, 2.45) is 0 Å². The van der Waals surface area contributed by atoms with Crippen LogP contribution in [0.1, 0.15) is 64.7 Å². The van der Waals surface area contributed by atoms with E-state index in [1.54, 1.807) is 0 Å². The van der Waals surface area contributed by atoms with E-state index in [2.05, 4.69) is 22.0 Å². The summed E-state index contributed by atoms with van der Waals surface area (Å²) in [6, 6.07) is 0. The van der Waals surface area contributed by atoms with Crippen molar-refractivity contribution >= 4 is 5.91 Å². The quantitative estimate of drug-likeness (QED) is 0.816. The third kappa shape index (κ3) is 3.11. The summed E-state index contributed by atoms with van der Waals surface area (Å²) in [7, 11) is 0. The number of nitrogens with zero attached hydrogens (tertiary/aromatic N) is 2. The molecule has 2 saturated heterocycles. The van der Waals surface area contributed by atoms with Gasteiger partial charge < -0.3 is 9.80 Å². The second-order valence-electron chi connectivity index (χ2n) is 7.14. The molecule has 120 valence electrons. The van der Waals surface area contributed by atoms with Gasteiger partial charge in [-0.05, 0) is 58.2 Å². The molecule has 2 heterocycles. The highest BCUT2D eigenvalue weighted by Gasteiger charge is 2.51. The largest absolute Gasteiger partial charge is 0.325 e. The summed E-state index contributed by atoms with van der Waals surface area (Å²) >= 11 is 0. The summed E-state index contributed by atoms with van der Waals surface area (Å²) in [4.78, 5) is 17.6. The number of amides is 1. The zero-order valence-electron chi connectivity index (χ0n) is 13.6. The summed E-state index contributed by atoms with van der Waals surface area (Å²) in [5, 5.41) is 3.71. The molecule has 1 amide bonds. The fourth-order valence-electron chi connectivity index (χ4n) is 4.44. The van der Waals surface area contributed by atoms with Crippen LogP contribution in [0.3, 0.4) is 0 Å². The van der Waals surface area contributed by atoms with E-state index < -0.39 is 0 Å². The SMILES string of the molecule is CCCC1NC2(CCCC2)C(=O)N1CCCN1CCCC1. The average Bonchev–Trinajstić information content (AvgIpc) is 3.18. The van der Waals surface area contributed by atoms with Gasteiger partial charge in [0.1, 0.15) is 0 Å². The molecule has 0 aromatic heterocycles. The van der Waals surface area contributed by atoms with E-state index in [-0.39, 0.29) is 5.54 Å². The van der Waals surface area contributed by atoms with Crippen molar-refractivity contribution in [3.8, 4) is 0 Å². The molecular formula is C17H31N3O. The summed E-state index contributed by atoms with van der Waals surface area (Å²) in [5.41, 5.74) is -0.187. The standard InChI is InChI=1S/C17H31N3O/c1-2-8-15-18-17(9-3-4-10-17)16(21)20(15)14-7-13-19-11-5-6-12-19/h15,18H,2-14H2,1H3. The second kappa shape index (κ2) is 6.66. The zero-order valence-corrected chi connectivity index (χ0v) is 13.6. The van der Waals surface area contributed by atoms with Crippen LogP contribution in [-0.2, 0) is 4.79 Å². The third-order valence-electron chi connectivity index (χ3n) is 5.58. The van der Waals surface area contributed by atoms with Gasteiger partial charge in [-0.25, -0.2) is 0 Å². The maximum Gasteiger partial charge on any atom is 0.244 e. The number of nitrogens with one attached hydrogen (secondary N) is 1. The number of carbonyl (C=O) groups is 1. The molecule has 1 saturated carbocycles. The predicted molar refractivity (Wildman–Crippen MR) is 85.0 cm³/mol. The van der Waals surface area contributed by atoms with Crippen LogP contribution in [-0.4, -0.2) is 53.6 Å². The summed E-state index contributed by atoms with van der Waals surface area (Å²) < 4.78 is 0. The molecule has 21 heavy (non-hydrogen) atoms. The van der Waals surface area contributed by atoms with E-state index in [1.807, 2.05) is 0 Å². The molecule has 1 unspecified atom stereocenters. The lowest BCUT2D eigenvalue weighted by atomic mass is 9.98. The van der Waals surface area contributed by atoms with Crippen LogP contribution in [0.25, 0.3) is 0 Å². The van der Waals surface area contributed by atoms with Crippen LogP contribution in [0.4, 0.5) is 0 Å². The van der Waals surface area contributed by atoms with Crippen molar-refractivity contribution in [1.29, 1.82) is 0 Å². The molecule has 3 aliphatic rings. The molecule has 2 aliphatic heterocycles. The van der Waals surface area contributed by atoms with Gasteiger partial charge in [0.2, 0.25) is 5.91 Å². The van der Waals surface area contributed by atoms with Crippen molar-refractivity contribution in [2.45, 2.75) is 76.4 Å². The Morgan fingerprint density at radius 2 is 1.86 bits per heavy atom. The van der Waals surface area contributed by atoms with Crippen LogP contribution >= 0.6 is 0 Å². The number of rotatable bonds is 6. The molecule has 3 fully saturated rings. The first kappa shape index (κ1) is 15.3. The van der Waals surface area contributed by atoms with Crippen molar-refractivity contribution in [3.63, 3.8) is 0 Å². The highest BCUT2D eigenvalue weighted by molar-refractivity contribution is 5.89. The van der Waals surface area contributed by atoms with Crippen LogP contribution < -0.4 is 5.32 Å². The van der Waals surface area contributed by atoms with E-state index >= 15 is 0 Å². The van der Waals surface area contributed by atoms with Crippen LogP contribution in [0.15, 0.2) is 0 Å². The van der Waals surface area contributed by atoms with E-state index in [0.29, 0.717) is 12.1 Å². The number of hydrogen-bond donors (Lipinski definition) is 1. The molecule has 1 N–H and O–H groups in total. The number of carbonyl (C=O) groups excluding carboxylic acids is 1. The van der Waals surface area contributed by atoms with E-state index in [9.17, 15) is 4.79 Å². The minimum absolute atomic E-state index is 0.187. The highest BCUT2D eigenvalue weighted by atomic mass is 16.2. The van der Waals surface area contributed by atoms with Crippen LogP contribution in [0, 0.1) is 0 Å². The minimum atomic E-state index is -0.187. The number of likely N-dealkylation sites (tertiary alicyclic amines) is 1. The smallest absolute Gasteiger partial charge is 0.244 e. The monoisotopic (exact) mass is 293 g/mol. The van der Waals surface area contributed by atoms with Crippen molar-refractivity contribution in [2.75, 3.05) is 26.2 Å². The van der Waals surface area contributed by atoms with E-state index in [0.717, 1.165) is 45.2 Å². The molecule has 0 aromatic carbocycles. The fraction of sp³-hybridized carbons (Fsp3) is 0.941. The summed E-state index contributed by atoms with van der Waals surface area (Å²) in [5.74, 6) is 0.403. The van der Waals surface area contributed by atoms with E-state index in [1.165, 1.54) is 38.8 Å². The molecular weight excluding hydrogens is 262 g/mol. The lowest BCUT2D eigenvalue weighted by Gasteiger charge is -2.25. The Labute approximate surface area is 129 Å². The Hall–Kier alpha value is -0.610. The lowest BCUT2D eigenvalue weighted by Crippen LogP contribution is -2.44. The summed E-state index contributed by atoms with van der Waals surface area (Å²) in [6.45, 7) is 6.83. The minimum Gasteiger partial charge on any atom is -0.325 e. The van der Waals surface area contributed by atoms with Gasteiger partial charge in [0.15, 0.2) is 0 Å².